The van der Waals surface area contributed by atoms with E-state index in [4.69, 9.17) is 9.47 Å². The van der Waals surface area contributed by atoms with E-state index >= 15 is 0 Å². The average Bonchev–Trinajstić information content (AvgIpc) is 2.72. The van der Waals surface area contributed by atoms with Crippen molar-refractivity contribution in [3.63, 3.8) is 0 Å². The number of ether oxygens (including phenoxy) is 2. The summed E-state index contributed by atoms with van der Waals surface area (Å²) in [5, 5.41) is 0. The molecule has 0 aromatic carbocycles. The van der Waals surface area contributed by atoms with Crippen molar-refractivity contribution in [2.75, 3.05) is 20.5 Å². The molecule has 0 bridgehead atoms. The maximum atomic E-state index is 10.9. The third kappa shape index (κ3) is 3.42. The number of carbonyl (C=O) groups excluding carboxylic acids is 1. The van der Waals surface area contributed by atoms with Gasteiger partial charge in [0.1, 0.15) is 6.79 Å². The van der Waals surface area contributed by atoms with Gasteiger partial charge < -0.3 is 9.47 Å². The van der Waals surface area contributed by atoms with Crippen LogP contribution in [0.3, 0.4) is 0 Å². The lowest BCUT2D eigenvalue weighted by molar-refractivity contribution is -0.112. The Labute approximate surface area is 97.8 Å². The van der Waals surface area contributed by atoms with Gasteiger partial charge in [0, 0.05) is 13.7 Å². The molecule has 92 valence electrons. The van der Waals surface area contributed by atoms with Crippen molar-refractivity contribution in [3.05, 3.63) is 12.2 Å². The van der Waals surface area contributed by atoms with Crippen molar-refractivity contribution in [1.82, 2.24) is 0 Å². The molecule has 3 heteroatoms. The second kappa shape index (κ2) is 5.60. The summed E-state index contributed by atoms with van der Waals surface area (Å²) >= 11 is 0. The van der Waals surface area contributed by atoms with E-state index in [0.29, 0.717) is 24.0 Å². The molecule has 0 spiro atoms. The lowest BCUT2D eigenvalue weighted by Gasteiger charge is -2.03. The summed E-state index contributed by atoms with van der Waals surface area (Å²) in [5.41, 5.74) is 0.308. The van der Waals surface area contributed by atoms with E-state index in [9.17, 15) is 4.79 Å². The number of ketones is 1. The highest BCUT2D eigenvalue weighted by atomic mass is 16.7. The van der Waals surface area contributed by atoms with Crippen molar-refractivity contribution < 1.29 is 14.3 Å². The molecule has 0 saturated heterocycles. The highest BCUT2D eigenvalue weighted by molar-refractivity contribution is 5.87. The fraction of sp³-hybridized carbons (Fsp3) is 0.769. The van der Waals surface area contributed by atoms with E-state index in [1.54, 1.807) is 20.1 Å². The predicted octanol–water partition coefficient (Wildman–Crippen LogP) is 2.41. The van der Waals surface area contributed by atoms with Gasteiger partial charge in [-0.15, -0.1) is 0 Å². The zero-order valence-corrected chi connectivity index (χ0v) is 10.7. The minimum absolute atomic E-state index is 0.122. The van der Waals surface area contributed by atoms with Crippen LogP contribution in [0, 0.1) is 17.3 Å². The SMILES string of the molecule is COCOCC[C@H]1[C@@H](/C=C/C(C)=O)C1(C)C. The van der Waals surface area contributed by atoms with Crippen LogP contribution in [0.5, 0.6) is 0 Å². The molecule has 0 unspecified atom stereocenters. The van der Waals surface area contributed by atoms with Crippen LogP contribution < -0.4 is 0 Å². The molecule has 16 heavy (non-hydrogen) atoms. The van der Waals surface area contributed by atoms with E-state index in [1.165, 1.54) is 0 Å². The van der Waals surface area contributed by atoms with Crippen molar-refractivity contribution >= 4 is 5.78 Å². The topological polar surface area (TPSA) is 35.5 Å². The number of hydrogen-bond acceptors (Lipinski definition) is 3. The molecule has 1 rings (SSSR count). The second-order valence-corrected chi connectivity index (χ2v) is 5.03. The first-order chi connectivity index (χ1) is 7.50. The maximum absolute atomic E-state index is 10.9. The van der Waals surface area contributed by atoms with Gasteiger partial charge in [-0.3, -0.25) is 4.79 Å². The maximum Gasteiger partial charge on any atom is 0.152 e. The van der Waals surface area contributed by atoms with Gasteiger partial charge in [-0.25, -0.2) is 0 Å². The minimum atomic E-state index is 0.122. The molecule has 1 aliphatic carbocycles. The molecule has 3 nitrogen and oxygen atoms in total. The Hall–Kier alpha value is -0.670. The highest BCUT2D eigenvalue weighted by Crippen LogP contribution is 2.60. The van der Waals surface area contributed by atoms with E-state index < -0.39 is 0 Å². The van der Waals surface area contributed by atoms with Crippen molar-refractivity contribution in [3.8, 4) is 0 Å². The monoisotopic (exact) mass is 226 g/mol. The molecule has 1 saturated carbocycles. The Balaban J connectivity index is 2.30. The largest absolute Gasteiger partial charge is 0.359 e. The smallest absolute Gasteiger partial charge is 0.152 e. The third-order valence-electron chi connectivity index (χ3n) is 3.45. The number of allylic oxidation sites excluding steroid dienone is 2. The molecule has 0 heterocycles. The molecule has 0 aliphatic heterocycles. The van der Waals surface area contributed by atoms with Crippen LogP contribution in [-0.2, 0) is 14.3 Å². The molecular weight excluding hydrogens is 204 g/mol. The summed E-state index contributed by atoms with van der Waals surface area (Å²) in [6, 6.07) is 0. The molecule has 1 fully saturated rings. The van der Waals surface area contributed by atoms with Gasteiger partial charge >= 0.3 is 0 Å². The van der Waals surface area contributed by atoms with Gasteiger partial charge in [-0.2, -0.15) is 0 Å². The van der Waals surface area contributed by atoms with Gasteiger partial charge in [-0.1, -0.05) is 19.9 Å². The summed E-state index contributed by atoms with van der Waals surface area (Å²) in [7, 11) is 1.62. The van der Waals surface area contributed by atoms with Crippen molar-refractivity contribution in [2.45, 2.75) is 27.2 Å². The minimum Gasteiger partial charge on any atom is -0.359 e. The van der Waals surface area contributed by atoms with E-state index in [-0.39, 0.29) is 5.78 Å². The first kappa shape index (κ1) is 13.4. The van der Waals surface area contributed by atoms with Crippen molar-refractivity contribution in [1.29, 1.82) is 0 Å². The summed E-state index contributed by atoms with van der Waals surface area (Å²) < 4.78 is 10.1. The molecule has 0 aromatic heterocycles. The zero-order chi connectivity index (χ0) is 12.2. The Morgan fingerprint density at radius 1 is 1.44 bits per heavy atom. The molecule has 0 aromatic rings. The first-order valence-corrected chi connectivity index (χ1v) is 5.75. The second-order valence-electron chi connectivity index (χ2n) is 5.03. The van der Waals surface area contributed by atoms with Gasteiger partial charge in [0.2, 0.25) is 0 Å². The Kier molecular flexibility index (Phi) is 4.69. The average molecular weight is 226 g/mol. The Morgan fingerprint density at radius 3 is 2.69 bits per heavy atom. The lowest BCUT2D eigenvalue weighted by atomic mass is 10.1. The van der Waals surface area contributed by atoms with Crippen LogP contribution in [-0.4, -0.2) is 26.3 Å². The van der Waals surface area contributed by atoms with Gasteiger partial charge in [0.05, 0.1) is 0 Å². The molecule has 2 atom stereocenters. The molecule has 0 amide bonds. The van der Waals surface area contributed by atoms with E-state index in [0.717, 1.165) is 13.0 Å². The number of methoxy groups -OCH3 is 1. The van der Waals surface area contributed by atoms with Gasteiger partial charge in [-0.05, 0) is 36.7 Å². The fourth-order valence-corrected chi connectivity index (χ4v) is 2.31. The summed E-state index contributed by atoms with van der Waals surface area (Å²) in [4.78, 5) is 10.9. The van der Waals surface area contributed by atoms with Gasteiger partial charge in [0.15, 0.2) is 5.78 Å². The zero-order valence-electron chi connectivity index (χ0n) is 10.7. The standard InChI is InChI=1S/C13H22O3/c1-10(14)5-6-11-12(13(11,2)3)7-8-16-9-15-4/h5-6,11-12H,7-9H2,1-4H3/b6-5+/t11-,12+/m1/s1. The van der Waals surface area contributed by atoms with Gasteiger partial charge in [0.25, 0.3) is 0 Å². The lowest BCUT2D eigenvalue weighted by Crippen LogP contribution is -2.01. The van der Waals surface area contributed by atoms with Crippen LogP contribution >= 0.6 is 0 Å². The van der Waals surface area contributed by atoms with Crippen LogP contribution in [0.4, 0.5) is 0 Å². The number of hydrogen-bond donors (Lipinski definition) is 0. The molecular formula is C13H22O3. The summed E-state index contributed by atoms with van der Waals surface area (Å²) in [6.07, 6.45) is 4.76. The first-order valence-electron chi connectivity index (χ1n) is 5.75. The molecule has 0 radical (unpaired) electrons. The Morgan fingerprint density at radius 2 is 2.12 bits per heavy atom. The predicted molar refractivity (Wildman–Crippen MR) is 63.0 cm³/mol. The third-order valence-corrected chi connectivity index (χ3v) is 3.45. The summed E-state index contributed by atoms with van der Waals surface area (Å²) in [6.45, 7) is 7.16. The van der Waals surface area contributed by atoms with Crippen LogP contribution in [0.2, 0.25) is 0 Å². The van der Waals surface area contributed by atoms with Crippen LogP contribution in [0.15, 0.2) is 12.2 Å². The highest BCUT2D eigenvalue weighted by Gasteiger charge is 2.55. The van der Waals surface area contributed by atoms with E-state index in [1.807, 2.05) is 6.08 Å². The Bertz CT molecular complexity index is 268. The summed E-state index contributed by atoms with van der Waals surface area (Å²) in [5.74, 6) is 1.26. The fourth-order valence-electron chi connectivity index (χ4n) is 2.31. The quantitative estimate of drug-likeness (QED) is 0.380. The van der Waals surface area contributed by atoms with Crippen LogP contribution in [0.1, 0.15) is 27.2 Å². The van der Waals surface area contributed by atoms with Crippen molar-refractivity contribution in [2.24, 2.45) is 17.3 Å². The molecule has 0 N–H and O–H groups in total. The normalized spacial score (nSPS) is 27.2. The number of carbonyl (C=O) groups is 1. The number of rotatable bonds is 7. The molecule has 1 aliphatic rings. The van der Waals surface area contributed by atoms with E-state index in [2.05, 4.69) is 13.8 Å². The van der Waals surface area contributed by atoms with Crippen LogP contribution in [0.25, 0.3) is 0 Å².